The van der Waals surface area contributed by atoms with E-state index in [9.17, 15) is 23.1 Å². The van der Waals surface area contributed by atoms with E-state index >= 15 is 0 Å². The summed E-state index contributed by atoms with van der Waals surface area (Å²) in [6.45, 7) is -0.202. The first-order chi connectivity index (χ1) is 15.8. The van der Waals surface area contributed by atoms with E-state index in [2.05, 4.69) is 30.7 Å². The molecule has 1 saturated heterocycles. The molecule has 186 valence electrons. The predicted octanol–water partition coefficient (Wildman–Crippen LogP) is 2.01. The van der Waals surface area contributed by atoms with Gasteiger partial charge in [0.25, 0.3) is 5.91 Å². The molecule has 0 bridgehead atoms. The van der Waals surface area contributed by atoms with Gasteiger partial charge in [0.15, 0.2) is 0 Å². The summed E-state index contributed by atoms with van der Waals surface area (Å²) in [7, 11) is 0. The highest BCUT2D eigenvalue weighted by Crippen LogP contribution is 2.24. The van der Waals surface area contributed by atoms with Crippen LogP contribution in [0.5, 0.6) is 0 Å². The second-order valence-corrected chi connectivity index (χ2v) is 8.69. The lowest BCUT2D eigenvalue weighted by Gasteiger charge is -2.27. The standard InChI is InChI=1S/C21H33F3N6O3/c1-13(12-33-20(23)24)26-21-25-10-17(18(29-21)27-14-2-4-16(31)5-3-14)19(32)28-15-6-8-30(11-15)9-7-22/h10,13-16,20,31H,2-9,11-12H2,1H3,(H,28,32)(H2,25,26,27,29)/t13-,14?,15-,16?/m0/s1. The summed E-state index contributed by atoms with van der Waals surface area (Å²) in [4.78, 5) is 23.6. The van der Waals surface area contributed by atoms with Crippen molar-refractivity contribution in [2.45, 2.75) is 69.9 Å². The second-order valence-electron chi connectivity index (χ2n) is 8.69. The molecule has 2 aliphatic rings. The second kappa shape index (κ2) is 12.3. The van der Waals surface area contributed by atoms with Crippen molar-refractivity contribution >= 4 is 17.7 Å². The number of halogens is 3. The lowest BCUT2D eigenvalue weighted by Crippen LogP contribution is -2.38. The molecule has 3 rings (SSSR count). The van der Waals surface area contributed by atoms with Crippen LogP contribution in [0.2, 0.25) is 0 Å². The van der Waals surface area contributed by atoms with Crippen LogP contribution in [-0.2, 0) is 4.74 Å². The molecule has 4 N–H and O–H groups in total. The van der Waals surface area contributed by atoms with Crippen LogP contribution in [0.4, 0.5) is 24.9 Å². The van der Waals surface area contributed by atoms with E-state index in [4.69, 9.17) is 0 Å². The minimum Gasteiger partial charge on any atom is -0.393 e. The number of nitrogens with zero attached hydrogens (tertiary/aromatic N) is 3. The summed E-state index contributed by atoms with van der Waals surface area (Å²) in [5.74, 6) is 0.193. The zero-order valence-corrected chi connectivity index (χ0v) is 18.8. The van der Waals surface area contributed by atoms with Crippen LogP contribution in [0.1, 0.15) is 49.4 Å². The molecule has 1 amide bonds. The fourth-order valence-corrected chi connectivity index (χ4v) is 4.16. The number of aromatic nitrogens is 2. The lowest BCUT2D eigenvalue weighted by molar-refractivity contribution is -0.130. The number of aliphatic hydroxyl groups excluding tert-OH is 1. The minimum absolute atomic E-state index is 0.0359. The van der Waals surface area contributed by atoms with Gasteiger partial charge in [-0.15, -0.1) is 0 Å². The molecule has 0 aromatic carbocycles. The third-order valence-corrected chi connectivity index (χ3v) is 5.93. The zero-order chi connectivity index (χ0) is 23.8. The van der Waals surface area contributed by atoms with Crippen molar-refractivity contribution < 1.29 is 27.8 Å². The molecule has 0 radical (unpaired) electrons. The van der Waals surface area contributed by atoms with E-state index in [0.29, 0.717) is 31.7 Å². The molecule has 2 fully saturated rings. The molecule has 1 aliphatic carbocycles. The van der Waals surface area contributed by atoms with Crippen LogP contribution in [0.25, 0.3) is 0 Å². The van der Waals surface area contributed by atoms with Crippen molar-refractivity contribution in [3.63, 3.8) is 0 Å². The van der Waals surface area contributed by atoms with Gasteiger partial charge in [-0.3, -0.25) is 9.69 Å². The normalized spacial score (nSPS) is 24.6. The zero-order valence-electron chi connectivity index (χ0n) is 18.8. The van der Waals surface area contributed by atoms with Crippen LogP contribution >= 0.6 is 0 Å². The monoisotopic (exact) mass is 474 g/mol. The van der Waals surface area contributed by atoms with Crippen LogP contribution in [-0.4, -0.2) is 89.6 Å². The van der Waals surface area contributed by atoms with Gasteiger partial charge in [0, 0.05) is 44.0 Å². The van der Waals surface area contributed by atoms with Crippen molar-refractivity contribution in [1.82, 2.24) is 20.2 Å². The molecular weight excluding hydrogens is 441 g/mol. The Morgan fingerprint density at radius 1 is 1.27 bits per heavy atom. The van der Waals surface area contributed by atoms with Crippen molar-refractivity contribution in [1.29, 1.82) is 0 Å². The van der Waals surface area contributed by atoms with Gasteiger partial charge in [0.1, 0.15) is 18.1 Å². The smallest absolute Gasteiger partial charge is 0.345 e. The van der Waals surface area contributed by atoms with Crippen LogP contribution in [0.15, 0.2) is 6.20 Å². The van der Waals surface area contributed by atoms with E-state index in [-0.39, 0.29) is 42.2 Å². The van der Waals surface area contributed by atoms with E-state index in [0.717, 1.165) is 25.8 Å². The number of ether oxygens (including phenoxy) is 1. The summed E-state index contributed by atoms with van der Waals surface area (Å²) < 4.78 is 41.5. The van der Waals surface area contributed by atoms with Crippen molar-refractivity contribution in [2.75, 3.05) is 43.5 Å². The third kappa shape index (κ3) is 7.97. The van der Waals surface area contributed by atoms with Gasteiger partial charge >= 0.3 is 6.61 Å². The maximum atomic E-state index is 13.0. The fraction of sp³-hybridized carbons (Fsp3) is 0.762. The lowest BCUT2D eigenvalue weighted by atomic mass is 9.93. The number of carbonyl (C=O) groups excluding carboxylic acids is 1. The summed E-state index contributed by atoms with van der Waals surface area (Å²) in [5, 5.41) is 18.9. The van der Waals surface area contributed by atoms with E-state index in [1.165, 1.54) is 6.20 Å². The first-order valence-electron chi connectivity index (χ1n) is 11.4. The Bertz CT molecular complexity index is 767. The van der Waals surface area contributed by atoms with Gasteiger partial charge in [-0.25, -0.2) is 9.37 Å². The summed E-state index contributed by atoms with van der Waals surface area (Å²) in [6, 6.07) is -0.531. The SMILES string of the molecule is C[C@@H](COC(F)F)Nc1ncc(C(=O)N[C@H]2CCN(CCF)C2)c(NC2CCC(O)CC2)n1. The molecule has 1 aromatic heterocycles. The highest BCUT2D eigenvalue weighted by molar-refractivity contribution is 5.98. The third-order valence-electron chi connectivity index (χ3n) is 5.93. The van der Waals surface area contributed by atoms with Crippen LogP contribution in [0.3, 0.4) is 0 Å². The van der Waals surface area contributed by atoms with Gasteiger partial charge in [0.2, 0.25) is 5.95 Å². The molecule has 1 aromatic rings. The molecule has 12 heteroatoms. The summed E-state index contributed by atoms with van der Waals surface area (Å²) in [6.07, 6.45) is 4.59. The number of rotatable bonds is 11. The van der Waals surface area contributed by atoms with Gasteiger partial charge in [-0.1, -0.05) is 0 Å². The van der Waals surface area contributed by atoms with E-state index in [1.807, 2.05) is 4.90 Å². The van der Waals surface area contributed by atoms with E-state index in [1.54, 1.807) is 6.92 Å². The molecule has 0 spiro atoms. The van der Waals surface area contributed by atoms with Gasteiger partial charge < -0.3 is 25.8 Å². The quantitative estimate of drug-likeness (QED) is 0.386. The first kappa shape index (κ1) is 25.4. The Balaban J connectivity index is 1.70. The molecule has 1 aliphatic heterocycles. The number of nitrogens with one attached hydrogen (secondary N) is 3. The first-order valence-corrected chi connectivity index (χ1v) is 11.4. The van der Waals surface area contributed by atoms with Crippen molar-refractivity contribution in [2.24, 2.45) is 0 Å². The summed E-state index contributed by atoms with van der Waals surface area (Å²) in [5.41, 5.74) is 0.270. The molecular formula is C21H33F3N6O3. The Hall–Kier alpha value is -2.18. The topological polar surface area (TPSA) is 112 Å². The molecule has 33 heavy (non-hydrogen) atoms. The number of alkyl halides is 3. The van der Waals surface area contributed by atoms with Crippen molar-refractivity contribution in [3.8, 4) is 0 Å². The predicted molar refractivity (Wildman–Crippen MR) is 117 cm³/mol. The average molecular weight is 475 g/mol. The number of anilines is 2. The number of hydrogen-bond acceptors (Lipinski definition) is 8. The Morgan fingerprint density at radius 3 is 2.73 bits per heavy atom. The Labute approximate surface area is 191 Å². The number of aliphatic hydroxyl groups is 1. The van der Waals surface area contributed by atoms with Gasteiger partial charge in [-0.2, -0.15) is 13.8 Å². The van der Waals surface area contributed by atoms with E-state index < -0.39 is 19.3 Å². The number of likely N-dealkylation sites (tertiary alicyclic amines) is 1. The number of carbonyl (C=O) groups is 1. The van der Waals surface area contributed by atoms with Crippen LogP contribution < -0.4 is 16.0 Å². The maximum absolute atomic E-state index is 13.0. The summed E-state index contributed by atoms with van der Waals surface area (Å²) >= 11 is 0. The van der Waals surface area contributed by atoms with Gasteiger partial charge in [0.05, 0.1) is 12.7 Å². The Morgan fingerprint density at radius 2 is 2.03 bits per heavy atom. The molecule has 2 heterocycles. The number of amides is 1. The number of hydrogen-bond donors (Lipinski definition) is 4. The molecule has 1 saturated carbocycles. The minimum atomic E-state index is -2.86. The fourth-order valence-electron chi connectivity index (χ4n) is 4.16. The highest BCUT2D eigenvalue weighted by atomic mass is 19.3. The maximum Gasteiger partial charge on any atom is 0.345 e. The van der Waals surface area contributed by atoms with Gasteiger partial charge in [-0.05, 0) is 39.0 Å². The largest absolute Gasteiger partial charge is 0.393 e. The van der Waals surface area contributed by atoms with Crippen LogP contribution in [0, 0.1) is 0 Å². The molecule has 2 atom stereocenters. The Kier molecular flexibility index (Phi) is 9.51. The molecule has 0 unspecified atom stereocenters. The average Bonchev–Trinajstić information content (AvgIpc) is 3.21. The highest BCUT2D eigenvalue weighted by Gasteiger charge is 2.27. The molecule has 9 nitrogen and oxygen atoms in total. The van der Waals surface area contributed by atoms with Crippen molar-refractivity contribution in [3.05, 3.63) is 11.8 Å².